The summed E-state index contributed by atoms with van der Waals surface area (Å²) in [5.74, 6) is 0.684. The molecule has 1 saturated heterocycles. The predicted molar refractivity (Wildman–Crippen MR) is 97.8 cm³/mol. The number of amides is 1. The Morgan fingerprint density at radius 3 is 2.50 bits per heavy atom. The maximum atomic E-state index is 12.2. The van der Waals surface area contributed by atoms with E-state index in [2.05, 4.69) is 34.5 Å². The summed E-state index contributed by atoms with van der Waals surface area (Å²) in [4.78, 5) is 14.6. The van der Waals surface area contributed by atoms with E-state index in [0.717, 1.165) is 25.2 Å². The number of nitrogens with one attached hydrogen (secondary N) is 1. The van der Waals surface area contributed by atoms with E-state index in [1.54, 1.807) is 7.11 Å². The summed E-state index contributed by atoms with van der Waals surface area (Å²) in [6.45, 7) is 2.31. The Bertz CT molecular complexity index is 676. The molecule has 0 bridgehead atoms. The third-order valence-corrected chi connectivity index (χ3v) is 4.43. The number of rotatable bonds is 6. The Labute approximate surface area is 143 Å². The molecule has 2 aromatic carbocycles. The normalized spacial score (nSPS) is 13.8. The average molecular weight is 324 g/mol. The number of methoxy groups -OCH3 is 1. The number of ether oxygens (including phenoxy) is 1. The lowest BCUT2D eigenvalue weighted by Crippen LogP contribution is -2.17. The topological polar surface area (TPSA) is 41.6 Å². The van der Waals surface area contributed by atoms with Crippen molar-refractivity contribution in [3.8, 4) is 5.75 Å². The zero-order valence-electron chi connectivity index (χ0n) is 14.1. The molecule has 0 aliphatic carbocycles. The van der Waals surface area contributed by atoms with Crippen LogP contribution in [0.4, 0.5) is 11.4 Å². The van der Waals surface area contributed by atoms with E-state index in [-0.39, 0.29) is 5.91 Å². The molecule has 126 valence electrons. The Morgan fingerprint density at radius 1 is 1.08 bits per heavy atom. The summed E-state index contributed by atoms with van der Waals surface area (Å²) in [6, 6.07) is 16.0. The van der Waals surface area contributed by atoms with E-state index in [1.807, 2.05) is 24.3 Å². The highest BCUT2D eigenvalue weighted by Gasteiger charge is 2.12. The van der Waals surface area contributed by atoms with Gasteiger partial charge in [0, 0.05) is 25.2 Å². The number of carbonyl (C=O) groups excluding carboxylic acids is 1. The third kappa shape index (κ3) is 4.07. The highest BCUT2D eigenvalue weighted by Crippen LogP contribution is 2.24. The largest absolute Gasteiger partial charge is 0.495 e. The number of hydrogen-bond acceptors (Lipinski definition) is 3. The average Bonchev–Trinajstić information content (AvgIpc) is 3.15. The zero-order valence-corrected chi connectivity index (χ0v) is 14.1. The molecule has 0 saturated carbocycles. The Hall–Kier alpha value is -2.49. The van der Waals surface area contributed by atoms with Gasteiger partial charge < -0.3 is 15.0 Å². The molecule has 0 aromatic heterocycles. The smallest absolute Gasteiger partial charge is 0.224 e. The third-order valence-electron chi connectivity index (χ3n) is 4.43. The van der Waals surface area contributed by atoms with E-state index in [4.69, 9.17) is 4.74 Å². The van der Waals surface area contributed by atoms with Crippen molar-refractivity contribution in [2.45, 2.75) is 25.7 Å². The van der Waals surface area contributed by atoms with E-state index in [1.165, 1.54) is 24.1 Å². The number of hydrogen-bond donors (Lipinski definition) is 1. The van der Waals surface area contributed by atoms with Gasteiger partial charge in [-0.15, -0.1) is 0 Å². The molecule has 0 unspecified atom stereocenters. The molecule has 1 heterocycles. The van der Waals surface area contributed by atoms with Crippen molar-refractivity contribution in [3.63, 3.8) is 0 Å². The fourth-order valence-corrected chi connectivity index (χ4v) is 3.07. The van der Waals surface area contributed by atoms with Crippen molar-refractivity contribution in [1.82, 2.24) is 0 Å². The van der Waals surface area contributed by atoms with Crippen molar-refractivity contribution in [3.05, 3.63) is 54.1 Å². The van der Waals surface area contributed by atoms with Crippen molar-refractivity contribution < 1.29 is 9.53 Å². The second-order valence-electron chi connectivity index (χ2n) is 6.11. The van der Waals surface area contributed by atoms with Crippen LogP contribution in [0.1, 0.15) is 24.8 Å². The second-order valence-corrected chi connectivity index (χ2v) is 6.11. The summed E-state index contributed by atoms with van der Waals surface area (Å²) >= 11 is 0. The molecule has 1 fully saturated rings. The predicted octanol–water partition coefficient (Wildman–Crippen LogP) is 3.87. The van der Waals surface area contributed by atoms with Crippen LogP contribution in [0.3, 0.4) is 0 Å². The molecule has 1 N–H and O–H groups in total. The lowest BCUT2D eigenvalue weighted by Gasteiger charge is -2.17. The van der Waals surface area contributed by atoms with Crippen LogP contribution in [0.15, 0.2) is 48.5 Å². The van der Waals surface area contributed by atoms with Gasteiger partial charge >= 0.3 is 0 Å². The van der Waals surface area contributed by atoms with Gasteiger partial charge in [0.2, 0.25) is 5.91 Å². The quantitative estimate of drug-likeness (QED) is 0.877. The van der Waals surface area contributed by atoms with Gasteiger partial charge in [-0.05, 0) is 49.1 Å². The van der Waals surface area contributed by atoms with E-state index in [0.29, 0.717) is 12.2 Å². The van der Waals surface area contributed by atoms with E-state index >= 15 is 0 Å². The minimum atomic E-state index is 0.00289. The van der Waals surface area contributed by atoms with Crippen molar-refractivity contribution in [2.24, 2.45) is 0 Å². The standard InChI is InChI=1S/C20H24N2O2/c1-24-19-7-3-2-6-18(19)21-20(23)13-10-16-8-11-17(12-9-16)22-14-4-5-15-22/h2-3,6-9,11-12H,4-5,10,13-15H2,1H3,(H,21,23). The van der Waals surface area contributed by atoms with Crippen LogP contribution in [0, 0.1) is 0 Å². The first-order chi connectivity index (χ1) is 11.8. The molecule has 4 heteroatoms. The maximum Gasteiger partial charge on any atom is 0.224 e. The molecule has 3 rings (SSSR count). The molecule has 4 nitrogen and oxygen atoms in total. The Kier molecular flexibility index (Phi) is 5.36. The van der Waals surface area contributed by atoms with Gasteiger partial charge in [0.05, 0.1) is 12.8 Å². The minimum Gasteiger partial charge on any atom is -0.495 e. The fraction of sp³-hybridized carbons (Fsp3) is 0.350. The van der Waals surface area contributed by atoms with Crippen LogP contribution in [-0.2, 0) is 11.2 Å². The molecule has 1 aliphatic heterocycles. The first-order valence-corrected chi connectivity index (χ1v) is 8.53. The second kappa shape index (κ2) is 7.86. The zero-order chi connectivity index (χ0) is 16.8. The van der Waals surface area contributed by atoms with Crippen molar-refractivity contribution >= 4 is 17.3 Å². The number of carbonyl (C=O) groups is 1. The molecular weight excluding hydrogens is 300 g/mol. The minimum absolute atomic E-state index is 0.00289. The highest BCUT2D eigenvalue weighted by molar-refractivity contribution is 5.92. The maximum absolute atomic E-state index is 12.2. The Morgan fingerprint density at radius 2 is 1.79 bits per heavy atom. The van der Waals surface area contributed by atoms with Gasteiger partial charge in [-0.1, -0.05) is 24.3 Å². The lowest BCUT2D eigenvalue weighted by atomic mass is 10.1. The lowest BCUT2D eigenvalue weighted by molar-refractivity contribution is -0.116. The highest BCUT2D eigenvalue weighted by atomic mass is 16.5. The van der Waals surface area contributed by atoms with Gasteiger partial charge in [-0.3, -0.25) is 4.79 Å². The number of nitrogens with zero attached hydrogens (tertiary/aromatic N) is 1. The van der Waals surface area contributed by atoms with Gasteiger partial charge in [-0.2, -0.15) is 0 Å². The summed E-state index contributed by atoms with van der Waals surface area (Å²) < 4.78 is 5.25. The number of anilines is 2. The van der Waals surface area contributed by atoms with Crippen molar-refractivity contribution in [2.75, 3.05) is 30.4 Å². The molecule has 2 aromatic rings. The summed E-state index contributed by atoms with van der Waals surface area (Å²) in [6.07, 6.45) is 3.76. The SMILES string of the molecule is COc1ccccc1NC(=O)CCc1ccc(N2CCCC2)cc1. The fourth-order valence-electron chi connectivity index (χ4n) is 3.07. The summed E-state index contributed by atoms with van der Waals surface area (Å²) in [5, 5.41) is 2.92. The van der Waals surface area contributed by atoms with Crippen LogP contribution in [-0.4, -0.2) is 26.1 Å². The van der Waals surface area contributed by atoms with Crippen LogP contribution in [0.2, 0.25) is 0 Å². The van der Waals surface area contributed by atoms with Crippen molar-refractivity contribution in [1.29, 1.82) is 0 Å². The van der Waals surface area contributed by atoms with E-state index in [9.17, 15) is 4.79 Å². The van der Waals surface area contributed by atoms with Crippen LogP contribution in [0.25, 0.3) is 0 Å². The molecule has 1 amide bonds. The first kappa shape index (κ1) is 16.4. The first-order valence-electron chi connectivity index (χ1n) is 8.53. The molecule has 0 spiro atoms. The molecular formula is C20H24N2O2. The van der Waals surface area contributed by atoms with Gasteiger partial charge in [0.25, 0.3) is 0 Å². The van der Waals surface area contributed by atoms with Crippen LogP contribution in [0.5, 0.6) is 5.75 Å². The van der Waals surface area contributed by atoms with Gasteiger partial charge in [0.15, 0.2) is 0 Å². The van der Waals surface area contributed by atoms with Crippen LogP contribution < -0.4 is 15.0 Å². The van der Waals surface area contributed by atoms with E-state index < -0.39 is 0 Å². The molecule has 0 atom stereocenters. The Balaban J connectivity index is 1.52. The molecule has 24 heavy (non-hydrogen) atoms. The summed E-state index contributed by atoms with van der Waals surface area (Å²) in [5.41, 5.74) is 3.19. The van der Waals surface area contributed by atoms with Crippen LogP contribution >= 0.6 is 0 Å². The van der Waals surface area contributed by atoms with Gasteiger partial charge in [0.1, 0.15) is 5.75 Å². The number of para-hydroxylation sites is 2. The molecule has 1 aliphatic rings. The summed E-state index contributed by atoms with van der Waals surface area (Å²) in [7, 11) is 1.60. The molecule has 0 radical (unpaired) electrons. The monoisotopic (exact) mass is 324 g/mol. The number of benzene rings is 2. The van der Waals surface area contributed by atoms with Gasteiger partial charge in [-0.25, -0.2) is 0 Å². The number of aryl methyl sites for hydroxylation is 1.